The summed E-state index contributed by atoms with van der Waals surface area (Å²) in [5.74, 6) is 0.834. The SMILES string of the molecule is COc1ccc(C(=O)CC(Nc2ccc(C)c(C)c2)c2ccc(Br)cc2)cc1. The Bertz CT molecular complexity index is 949. The first-order chi connectivity index (χ1) is 13.5. The molecule has 3 nitrogen and oxygen atoms in total. The maximum Gasteiger partial charge on any atom is 0.165 e. The van der Waals surface area contributed by atoms with Crippen LogP contribution in [0.1, 0.15) is 39.5 Å². The summed E-state index contributed by atoms with van der Waals surface area (Å²) in [4.78, 5) is 12.9. The molecule has 0 radical (unpaired) electrons. The highest BCUT2D eigenvalue weighted by atomic mass is 79.9. The van der Waals surface area contributed by atoms with Crippen LogP contribution in [-0.2, 0) is 0 Å². The van der Waals surface area contributed by atoms with Gasteiger partial charge in [0.25, 0.3) is 0 Å². The maximum absolute atomic E-state index is 12.9. The number of rotatable bonds is 7. The monoisotopic (exact) mass is 437 g/mol. The molecule has 0 aliphatic rings. The van der Waals surface area contributed by atoms with Crippen molar-refractivity contribution in [3.63, 3.8) is 0 Å². The highest BCUT2D eigenvalue weighted by Crippen LogP contribution is 2.27. The lowest BCUT2D eigenvalue weighted by atomic mass is 9.97. The number of nitrogens with one attached hydrogen (secondary N) is 1. The zero-order valence-corrected chi connectivity index (χ0v) is 17.9. The molecule has 1 unspecified atom stereocenters. The largest absolute Gasteiger partial charge is 0.497 e. The van der Waals surface area contributed by atoms with Gasteiger partial charge in [-0.2, -0.15) is 0 Å². The Morgan fingerprint density at radius 3 is 2.25 bits per heavy atom. The third kappa shape index (κ3) is 5.02. The van der Waals surface area contributed by atoms with E-state index in [0.29, 0.717) is 12.0 Å². The average molecular weight is 438 g/mol. The highest BCUT2D eigenvalue weighted by Gasteiger charge is 2.18. The molecule has 1 atom stereocenters. The zero-order valence-electron chi connectivity index (χ0n) is 16.3. The molecule has 0 saturated carbocycles. The van der Waals surface area contributed by atoms with Gasteiger partial charge in [0.05, 0.1) is 13.2 Å². The molecule has 0 fully saturated rings. The summed E-state index contributed by atoms with van der Waals surface area (Å²) in [5, 5.41) is 3.55. The predicted molar refractivity (Wildman–Crippen MR) is 118 cm³/mol. The van der Waals surface area contributed by atoms with Crippen LogP contribution in [0.15, 0.2) is 71.2 Å². The quantitative estimate of drug-likeness (QED) is 0.428. The minimum absolute atomic E-state index is 0.0897. The summed E-state index contributed by atoms with van der Waals surface area (Å²) in [6.45, 7) is 4.19. The standard InChI is InChI=1S/C24H24BrNO2/c1-16-4-11-21(14-17(16)2)26-23(18-5-9-20(25)10-6-18)15-24(27)19-7-12-22(28-3)13-8-19/h4-14,23,26H,15H2,1-3H3. The van der Waals surface area contributed by atoms with Crippen LogP contribution in [0.5, 0.6) is 5.75 Å². The molecule has 3 aromatic rings. The summed E-state index contributed by atoms with van der Waals surface area (Å²) >= 11 is 3.48. The van der Waals surface area contributed by atoms with Crippen LogP contribution in [0, 0.1) is 13.8 Å². The normalized spacial score (nSPS) is 11.7. The van der Waals surface area contributed by atoms with Gasteiger partial charge in [-0.15, -0.1) is 0 Å². The van der Waals surface area contributed by atoms with Crippen molar-refractivity contribution in [1.82, 2.24) is 0 Å². The number of ether oxygens (including phenoxy) is 1. The first-order valence-electron chi connectivity index (χ1n) is 9.23. The second-order valence-electron chi connectivity index (χ2n) is 6.90. The van der Waals surface area contributed by atoms with Gasteiger partial charge in [-0.25, -0.2) is 0 Å². The molecule has 0 aliphatic carbocycles. The van der Waals surface area contributed by atoms with Gasteiger partial charge in [0.2, 0.25) is 0 Å². The van der Waals surface area contributed by atoms with Crippen LogP contribution in [0.25, 0.3) is 0 Å². The van der Waals surface area contributed by atoms with Gasteiger partial charge < -0.3 is 10.1 Å². The molecule has 28 heavy (non-hydrogen) atoms. The minimum Gasteiger partial charge on any atom is -0.497 e. The molecule has 0 aromatic heterocycles. The van der Waals surface area contributed by atoms with Crippen molar-refractivity contribution in [2.45, 2.75) is 26.3 Å². The Labute approximate surface area is 174 Å². The minimum atomic E-state index is -0.121. The lowest BCUT2D eigenvalue weighted by molar-refractivity contribution is 0.0976. The van der Waals surface area contributed by atoms with E-state index in [1.165, 1.54) is 11.1 Å². The van der Waals surface area contributed by atoms with Crippen LogP contribution < -0.4 is 10.1 Å². The van der Waals surface area contributed by atoms with Gasteiger partial charge in [0, 0.05) is 22.1 Å². The van der Waals surface area contributed by atoms with E-state index in [9.17, 15) is 4.79 Å². The molecule has 3 rings (SSSR count). The van der Waals surface area contributed by atoms with E-state index in [0.717, 1.165) is 21.5 Å². The first-order valence-corrected chi connectivity index (χ1v) is 10.0. The number of Topliss-reactive ketones (excluding diaryl/α,β-unsaturated/α-hetero) is 1. The number of carbonyl (C=O) groups excluding carboxylic acids is 1. The van der Waals surface area contributed by atoms with E-state index < -0.39 is 0 Å². The van der Waals surface area contributed by atoms with Gasteiger partial charge in [0.15, 0.2) is 5.78 Å². The Morgan fingerprint density at radius 1 is 0.964 bits per heavy atom. The molecule has 0 amide bonds. The maximum atomic E-state index is 12.9. The number of hydrogen-bond acceptors (Lipinski definition) is 3. The molecule has 0 spiro atoms. The van der Waals surface area contributed by atoms with E-state index in [4.69, 9.17) is 4.74 Å². The van der Waals surface area contributed by atoms with Crippen molar-refractivity contribution in [3.8, 4) is 5.75 Å². The average Bonchev–Trinajstić information content (AvgIpc) is 2.71. The van der Waals surface area contributed by atoms with Crippen molar-refractivity contribution in [1.29, 1.82) is 0 Å². The summed E-state index contributed by atoms with van der Waals surface area (Å²) in [6.07, 6.45) is 0.362. The van der Waals surface area contributed by atoms with Crippen molar-refractivity contribution in [2.75, 3.05) is 12.4 Å². The van der Waals surface area contributed by atoms with Crippen molar-refractivity contribution in [2.24, 2.45) is 0 Å². The van der Waals surface area contributed by atoms with E-state index in [2.05, 4.69) is 53.3 Å². The first kappa shape index (κ1) is 20.2. The third-order valence-electron chi connectivity index (χ3n) is 4.92. The number of anilines is 1. The molecule has 144 valence electrons. The molecule has 4 heteroatoms. The van der Waals surface area contributed by atoms with Gasteiger partial charge in [0.1, 0.15) is 5.75 Å². The van der Waals surface area contributed by atoms with Crippen molar-refractivity contribution < 1.29 is 9.53 Å². The van der Waals surface area contributed by atoms with Gasteiger partial charge in [-0.1, -0.05) is 34.1 Å². The number of ketones is 1. The van der Waals surface area contributed by atoms with E-state index in [1.54, 1.807) is 7.11 Å². The summed E-state index contributed by atoms with van der Waals surface area (Å²) in [6, 6.07) is 21.5. The Kier molecular flexibility index (Phi) is 6.53. The van der Waals surface area contributed by atoms with Gasteiger partial charge in [-0.3, -0.25) is 4.79 Å². The lowest BCUT2D eigenvalue weighted by Crippen LogP contribution is -2.16. The van der Waals surface area contributed by atoms with Gasteiger partial charge in [-0.05, 0) is 79.1 Å². The predicted octanol–water partition coefficient (Wildman–Crippen LogP) is 6.50. The number of hydrogen-bond donors (Lipinski definition) is 1. The second-order valence-corrected chi connectivity index (χ2v) is 7.82. The third-order valence-corrected chi connectivity index (χ3v) is 5.45. The second kappa shape index (κ2) is 9.07. The molecule has 0 bridgehead atoms. The van der Waals surface area contributed by atoms with E-state index in [-0.39, 0.29) is 11.8 Å². The number of benzene rings is 3. The molecule has 3 aromatic carbocycles. The molecular formula is C24H24BrNO2. The number of halogens is 1. The van der Waals surface area contributed by atoms with E-state index >= 15 is 0 Å². The number of carbonyl (C=O) groups is 1. The molecule has 0 saturated heterocycles. The van der Waals surface area contributed by atoms with Gasteiger partial charge >= 0.3 is 0 Å². The van der Waals surface area contributed by atoms with Crippen LogP contribution in [0.3, 0.4) is 0 Å². The molecular weight excluding hydrogens is 414 g/mol. The summed E-state index contributed by atoms with van der Waals surface area (Å²) in [5.41, 5.74) is 5.24. The van der Waals surface area contributed by atoms with Crippen molar-refractivity contribution >= 4 is 27.4 Å². The fourth-order valence-electron chi connectivity index (χ4n) is 3.06. The van der Waals surface area contributed by atoms with Crippen LogP contribution in [0.4, 0.5) is 5.69 Å². The molecule has 0 heterocycles. The smallest absolute Gasteiger partial charge is 0.165 e. The van der Waals surface area contributed by atoms with E-state index in [1.807, 2.05) is 48.5 Å². The fourth-order valence-corrected chi connectivity index (χ4v) is 3.32. The summed E-state index contributed by atoms with van der Waals surface area (Å²) in [7, 11) is 1.62. The summed E-state index contributed by atoms with van der Waals surface area (Å²) < 4.78 is 6.20. The fraction of sp³-hybridized carbons (Fsp3) is 0.208. The number of aryl methyl sites for hydroxylation is 2. The number of methoxy groups -OCH3 is 1. The van der Waals surface area contributed by atoms with Crippen LogP contribution >= 0.6 is 15.9 Å². The topological polar surface area (TPSA) is 38.3 Å². The Hall–Kier alpha value is -2.59. The zero-order chi connectivity index (χ0) is 20.1. The Balaban J connectivity index is 1.85. The van der Waals surface area contributed by atoms with Crippen LogP contribution in [-0.4, -0.2) is 12.9 Å². The molecule has 1 N–H and O–H groups in total. The van der Waals surface area contributed by atoms with Crippen LogP contribution in [0.2, 0.25) is 0 Å². The van der Waals surface area contributed by atoms with Crippen molar-refractivity contribution in [3.05, 3.63) is 93.5 Å². The highest BCUT2D eigenvalue weighted by molar-refractivity contribution is 9.10. The molecule has 0 aliphatic heterocycles. The Morgan fingerprint density at radius 2 is 1.64 bits per heavy atom. The lowest BCUT2D eigenvalue weighted by Gasteiger charge is -2.21.